The monoisotopic (exact) mass is 350 g/mol. The van der Waals surface area contributed by atoms with Crippen molar-refractivity contribution in [2.45, 2.75) is 13.1 Å². The van der Waals surface area contributed by atoms with E-state index in [2.05, 4.69) is 25.7 Å². The molecule has 130 valence electrons. The number of para-hydroxylation sites is 2. The molecule has 0 fully saturated rings. The summed E-state index contributed by atoms with van der Waals surface area (Å²) >= 11 is 0. The maximum absolute atomic E-state index is 12.4. The van der Waals surface area contributed by atoms with Gasteiger partial charge in [-0.15, -0.1) is 5.10 Å². The van der Waals surface area contributed by atoms with Crippen molar-refractivity contribution in [2.75, 3.05) is 17.2 Å². The molecule has 2 N–H and O–H groups in total. The number of alkyl halides is 3. The molecule has 1 amide bonds. The summed E-state index contributed by atoms with van der Waals surface area (Å²) in [5.74, 6) is -0.521. The lowest BCUT2D eigenvalue weighted by molar-refractivity contribution is -0.115. The minimum Gasteiger partial charge on any atom is -0.375 e. The first kappa shape index (κ1) is 16.7. The number of nitrogens with one attached hydrogen (secondary N) is 2. The molecule has 0 radical (unpaired) electrons. The number of aryl methyl sites for hydroxylation is 1. The Hall–Kier alpha value is -3.17. The number of carbonyl (C=O) groups is 1. The molecule has 25 heavy (non-hydrogen) atoms. The molecule has 0 bridgehead atoms. The van der Waals surface area contributed by atoms with Crippen molar-refractivity contribution in [3.8, 4) is 0 Å². The fourth-order valence-electron chi connectivity index (χ4n) is 2.12. The summed E-state index contributed by atoms with van der Waals surface area (Å²) in [7, 11) is 0. The number of nitrogens with zero attached hydrogens (tertiary/aromatic N) is 4. The average Bonchev–Trinajstić information content (AvgIpc) is 2.99. The lowest BCUT2D eigenvalue weighted by Crippen LogP contribution is -2.22. The first-order chi connectivity index (χ1) is 11.8. The Bertz CT molecular complexity index is 921. The van der Waals surface area contributed by atoms with Gasteiger partial charge in [0.05, 0.1) is 11.4 Å². The number of rotatable bonds is 4. The number of hydrogen-bond donors (Lipinski definition) is 2. The normalized spacial score (nSPS) is 11.5. The third-order valence-electron chi connectivity index (χ3n) is 3.29. The van der Waals surface area contributed by atoms with Gasteiger partial charge in [-0.1, -0.05) is 12.1 Å². The number of amides is 1. The van der Waals surface area contributed by atoms with Crippen LogP contribution in [0.2, 0.25) is 0 Å². The summed E-state index contributed by atoms with van der Waals surface area (Å²) < 4.78 is 38.5. The van der Waals surface area contributed by atoms with Gasteiger partial charge < -0.3 is 10.6 Å². The molecule has 0 aliphatic carbocycles. The van der Waals surface area contributed by atoms with Crippen LogP contribution in [0.25, 0.3) is 5.78 Å². The molecule has 3 rings (SSSR count). The predicted molar refractivity (Wildman–Crippen MR) is 84.5 cm³/mol. The summed E-state index contributed by atoms with van der Waals surface area (Å²) in [4.78, 5) is 20.3. The highest BCUT2D eigenvalue weighted by Gasteiger charge is 2.27. The molecule has 2 heterocycles. The van der Waals surface area contributed by atoms with Crippen LogP contribution in [0.5, 0.6) is 0 Å². The van der Waals surface area contributed by atoms with E-state index in [1.54, 1.807) is 25.1 Å². The Balaban J connectivity index is 1.81. The number of benzene rings is 1. The standard InChI is InChI=1S/C15H13F3N6O/c1-9-6-7-19-14-22-12(23-24(9)14)13(25)21-11-5-3-2-4-10(11)20-8-15(16,17)18/h2-7,20H,8H2,1H3,(H,21,25). The molecule has 0 aliphatic rings. The second kappa shape index (κ2) is 6.38. The van der Waals surface area contributed by atoms with Gasteiger partial charge in [-0.05, 0) is 25.1 Å². The zero-order valence-corrected chi connectivity index (χ0v) is 13.0. The molecule has 0 atom stereocenters. The summed E-state index contributed by atoms with van der Waals surface area (Å²) in [5.41, 5.74) is 1.08. The lowest BCUT2D eigenvalue weighted by Gasteiger charge is -2.13. The minimum absolute atomic E-state index is 0.132. The van der Waals surface area contributed by atoms with E-state index in [0.717, 1.165) is 5.69 Å². The molecule has 0 spiro atoms. The van der Waals surface area contributed by atoms with Crippen molar-refractivity contribution in [1.82, 2.24) is 19.6 Å². The summed E-state index contributed by atoms with van der Waals surface area (Å²) in [6, 6.07) is 7.78. The zero-order valence-electron chi connectivity index (χ0n) is 13.0. The highest BCUT2D eigenvalue weighted by Crippen LogP contribution is 2.24. The average molecular weight is 350 g/mol. The molecular weight excluding hydrogens is 337 g/mol. The van der Waals surface area contributed by atoms with E-state index < -0.39 is 18.6 Å². The van der Waals surface area contributed by atoms with Crippen molar-refractivity contribution in [1.29, 1.82) is 0 Å². The van der Waals surface area contributed by atoms with E-state index in [1.165, 1.54) is 22.8 Å². The van der Waals surface area contributed by atoms with Gasteiger partial charge in [-0.2, -0.15) is 18.2 Å². The second-order valence-corrected chi connectivity index (χ2v) is 5.20. The Morgan fingerprint density at radius 2 is 1.92 bits per heavy atom. The third-order valence-corrected chi connectivity index (χ3v) is 3.29. The van der Waals surface area contributed by atoms with Crippen LogP contribution in [0.1, 0.15) is 16.3 Å². The zero-order chi connectivity index (χ0) is 18.0. The number of fused-ring (bicyclic) bond motifs is 1. The minimum atomic E-state index is -4.37. The number of anilines is 2. The molecule has 0 saturated carbocycles. The SMILES string of the molecule is Cc1ccnc2nc(C(=O)Nc3ccccc3NCC(F)(F)F)nn12. The molecule has 3 aromatic rings. The Morgan fingerprint density at radius 3 is 2.60 bits per heavy atom. The fraction of sp³-hybridized carbons (Fsp3) is 0.200. The smallest absolute Gasteiger partial charge is 0.375 e. The van der Waals surface area contributed by atoms with Gasteiger partial charge in [-0.3, -0.25) is 4.79 Å². The van der Waals surface area contributed by atoms with Gasteiger partial charge in [0, 0.05) is 11.9 Å². The molecule has 2 aromatic heterocycles. The molecule has 10 heteroatoms. The Kier molecular flexibility index (Phi) is 4.26. The molecule has 0 unspecified atom stereocenters. The first-order valence-corrected chi connectivity index (χ1v) is 7.23. The summed E-state index contributed by atoms with van der Waals surface area (Å²) in [6.45, 7) is 0.566. The second-order valence-electron chi connectivity index (χ2n) is 5.20. The van der Waals surface area contributed by atoms with Gasteiger partial charge in [0.1, 0.15) is 6.54 Å². The number of carbonyl (C=O) groups excluding carboxylic acids is 1. The van der Waals surface area contributed by atoms with Crippen molar-refractivity contribution in [3.63, 3.8) is 0 Å². The molecule has 0 saturated heterocycles. The number of aromatic nitrogens is 4. The summed E-state index contributed by atoms with van der Waals surface area (Å²) in [5, 5.41) is 8.81. The highest BCUT2D eigenvalue weighted by atomic mass is 19.4. The van der Waals surface area contributed by atoms with Crippen LogP contribution in [0.15, 0.2) is 36.5 Å². The van der Waals surface area contributed by atoms with Crippen molar-refractivity contribution in [3.05, 3.63) is 48.0 Å². The van der Waals surface area contributed by atoms with Crippen LogP contribution in [0.3, 0.4) is 0 Å². The van der Waals surface area contributed by atoms with Crippen LogP contribution < -0.4 is 10.6 Å². The van der Waals surface area contributed by atoms with Crippen LogP contribution in [0, 0.1) is 6.92 Å². The maximum atomic E-state index is 12.4. The van der Waals surface area contributed by atoms with Gasteiger partial charge in [0.25, 0.3) is 11.7 Å². The quantitative estimate of drug-likeness (QED) is 0.756. The number of hydrogen-bond acceptors (Lipinski definition) is 5. The number of halogens is 3. The van der Waals surface area contributed by atoms with Gasteiger partial charge in [0.2, 0.25) is 5.82 Å². The van der Waals surface area contributed by atoms with Gasteiger partial charge in [-0.25, -0.2) is 9.50 Å². The van der Waals surface area contributed by atoms with E-state index in [4.69, 9.17) is 0 Å². The van der Waals surface area contributed by atoms with Crippen LogP contribution in [-0.4, -0.2) is 38.2 Å². The first-order valence-electron chi connectivity index (χ1n) is 7.23. The van der Waals surface area contributed by atoms with Gasteiger partial charge in [0.15, 0.2) is 0 Å². The van der Waals surface area contributed by atoms with Crippen molar-refractivity contribution in [2.24, 2.45) is 0 Å². The molecule has 0 aliphatic heterocycles. The van der Waals surface area contributed by atoms with Gasteiger partial charge >= 0.3 is 6.18 Å². The highest BCUT2D eigenvalue weighted by molar-refractivity contribution is 6.03. The van der Waals surface area contributed by atoms with E-state index >= 15 is 0 Å². The summed E-state index contributed by atoms with van der Waals surface area (Å²) in [6.07, 6.45) is -2.83. The maximum Gasteiger partial charge on any atom is 0.405 e. The lowest BCUT2D eigenvalue weighted by atomic mass is 10.2. The van der Waals surface area contributed by atoms with Crippen LogP contribution >= 0.6 is 0 Å². The fourth-order valence-corrected chi connectivity index (χ4v) is 2.12. The van der Waals surface area contributed by atoms with Crippen LogP contribution in [-0.2, 0) is 0 Å². The third kappa shape index (κ3) is 3.84. The van der Waals surface area contributed by atoms with E-state index in [0.29, 0.717) is 0 Å². The molecule has 7 nitrogen and oxygen atoms in total. The van der Waals surface area contributed by atoms with E-state index in [-0.39, 0.29) is 23.0 Å². The predicted octanol–water partition coefficient (Wildman–Crippen LogP) is 2.66. The van der Waals surface area contributed by atoms with Crippen LogP contribution in [0.4, 0.5) is 24.5 Å². The van der Waals surface area contributed by atoms with Crippen molar-refractivity contribution < 1.29 is 18.0 Å². The Labute approximate surface area is 139 Å². The van der Waals surface area contributed by atoms with Crippen molar-refractivity contribution >= 4 is 23.1 Å². The van der Waals surface area contributed by atoms with E-state index in [9.17, 15) is 18.0 Å². The molecular formula is C15H13F3N6O. The molecule has 1 aromatic carbocycles. The van der Waals surface area contributed by atoms with E-state index in [1.807, 2.05) is 0 Å². The largest absolute Gasteiger partial charge is 0.405 e. The Morgan fingerprint density at radius 1 is 1.20 bits per heavy atom. The topological polar surface area (TPSA) is 84.2 Å².